The molecule has 0 aromatic carbocycles. The molecule has 2 rings (SSSR count). The van der Waals surface area contributed by atoms with E-state index in [0.29, 0.717) is 12.8 Å². The van der Waals surface area contributed by atoms with Gasteiger partial charge in [-0.3, -0.25) is 14.6 Å². The highest BCUT2D eigenvalue weighted by Crippen LogP contribution is 2.40. The zero-order valence-corrected chi connectivity index (χ0v) is 10.1. The van der Waals surface area contributed by atoms with Crippen LogP contribution in [0.4, 0.5) is 0 Å². The molecule has 1 aliphatic carbocycles. The summed E-state index contributed by atoms with van der Waals surface area (Å²) in [5.74, 6) is -1.09. The molecule has 0 bridgehead atoms. The van der Waals surface area contributed by atoms with Gasteiger partial charge in [0.1, 0.15) is 5.69 Å². The zero-order valence-electron chi connectivity index (χ0n) is 10.1. The summed E-state index contributed by atoms with van der Waals surface area (Å²) in [7, 11) is 0. The van der Waals surface area contributed by atoms with Crippen LogP contribution in [0.1, 0.15) is 49.0 Å². The van der Waals surface area contributed by atoms with Gasteiger partial charge in [0, 0.05) is 18.8 Å². The van der Waals surface area contributed by atoms with Gasteiger partial charge in [0.15, 0.2) is 5.78 Å². The van der Waals surface area contributed by atoms with Crippen LogP contribution in [-0.2, 0) is 4.79 Å². The van der Waals surface area contributed by atoms with Crippen LogP contribution in [0.15, 0.2) is 18.6 Å². The van der Waals surface area contributed by atoms with Crippen molar-refractivity contribution < 1.29 is 14.7 Å². The van der Waals surface area contributed by atoms with Crippen molar-refractivity contribution in [2.75, 3.05) is 0 Å². The number of Topliss-reactive ketones (excluding diaryl/α,β-unsaturated/α-hetero) is 1. The normalized spacial score (nSPS) is 18.2. The highest BCUT2D eigenvalue weighted by molar-refractivity contribution is 5.97. The fraction of sp³-hybridized carbons (Fsp3) is 0.538. The molecule has 1 aromatic rings. The lowest BCUT2D eigenvalue weighted by molar-refractivity contribution is -0.150. The second-order valence-corrected chi connectivity index (χ2v) is 4.84. The van der Waals surface area contributed by atoms with Gasteiger partial charge in [-0.2, -0.15) is 0 Å². The van der Waals surface area contributed by atoms with Crippen LogP contribution < -0.4 is 0 Å². The van der Waals surface area contributed by atoms with E-state index in [1.54, 1.807) is 0 Å². The minimum atomic E-state index is -0.896. The van der Waals surface area contributed by atoms with E-state index < -0.39 is 11.4 Å². The van der Waals surface area contributed by atoms with Crippen LogP contribution in [0.5, 0.6) is 0 Å². The van der Waals surface area contributed by atoms with Crippen molar-refractivity contribution in [3.63, 3.8) is 0 Å². The molecular formula is C13H16N2O3. The van der Waals surface area contributed by atoms with Gasteiger partial charge < -0.3 is 5.11 Å². The van der Waals surface area contributed by atoms with Crippen molar-refractivity contribution in [1.82, 2.24) is 9.97 Å². The van der Waals surface area contributed by atoms with Crippen LogP contribution >= 0.6 is 0 Å². The van der Waals surface area contributed by atoms with Crippen LogP contribution in [0.2, 0.25) is 0 Å². The maximum atomic E-state index is 12.1. The number of aliphatic carboxylic acids is 1. The maximum absolute atomic E-state index is 12.1. The van der Waals surface area contributed by atoms with Gasteiger partial charge in [-0.05, 0) is 12.8 Å². The van der Waals surface area contributed by atoms with E-state index in [9.17, 15) is 14.7 Å². The molecule has 0 atom stereocenters. The van der Waals surface area contributed by atoms with Gasteiger partial charge in [0.2, 0.25) is 0 Å². The Morgan fingerprint density at radius 2 is 1.94 bits per heavy atom. The van der Waals surface area contributed by atoms with Gasteiger partial charge in [-0.15, -0.1) is 0 Å². The third-order valence-electron chi connectivity index (χ3n) is 3.61. The summed E-state index contributed by atoms with van der Waals surface area (Å²) in [6.45, 7) is 0. The Bertz CT molecular complexity index is 439. The smallest absolute Gasteiger partial charge is 0.310 e. The molecule has 0 unspecified atom stereocenters. The molecule has 1 aromatic heterocycles. The van der Waals surface area contributed by atoms with E-state index in [1.165, 1.54) is 18.6 Å². The number of carboxylic acids is 1. The van der Waals surface area contributed by atoms with Gasteiger partial charge in [0.25, 0.3) is 0 Å². The molecule has 96 valence electrons. The van der Waals surface area contributed by atoms with Crippen LogP contribution in [0, 0.1) is 5.41 Å². The van der Waals surface area contributed by atoms with Crippen LogP contribution in [0.3, 0.4) is 0 Å². The second-order valence-electron chi connectivity index (χ2n) is 4.84. The fourth-order valence-corrected chi connectivity index (χ4v) is 2.54. The molecule has 0 saturated heterocycles. The largest absolute Gasteiger partial charge is 0.481 e. The quantitative estimate of drug-likeness (QED) is 0.825. The Morgan fingerprint density at radius 3 is 2.50 bits per heavy atom. The van der Waals surface area contributed by atoms with Gasteiger partial charge in [-0.1, -0.05) is 19.3 Å². The van der Waals surface area contributed by atoms with E-state index >= 15 is 0 Å². The molecule has 1 fully saturated rings. The molecule has 0 aliphatic heterocycles. The van der Waals surface area contributed by atoms with Crippen molar-refractivity contribution in [1.29, 1.82) is 0 Å². The monoisotopic (exact) mass is 248 g/mol. The van der Waals surface area contributed by atoms with Crippen molar-refractivity contribution >= 4 is 11.8 Å². The van der Waals surface area contributed by atoms with Gasteiger partial charge in [-0.25, -0.2) is 4.98 Å². The Balaban J connectivity index is 2.15. The average Bonchev–Trinajstić information content (AvgIpc) is 2.40. The number of carboxylic acid groups (broad SMARTS) is 1. The molecule has 18 heavy (non-hydrogen) atoms. The molecule has 1 aliphatic rings. The first kappa shape index (κ1) is 12.7. The number of rotatable bonds is 4. The summed E-state index contributed by atoms with van der Waals surface area (Å²) in [5.41, 5.74) is -0.643. The van der Waals surface area contributed by atoms with E-state index in [0.717, 1.165) is 19.3 Å². The Kier molecular flexibility index (Phi) is 3.69. The van der Waals surface area contributed by atoms with E-state index in [-0.39, 0.29) is 17.9 Å². The standard InChI is InChI=1S/C13H16N2O3/c16-11(10-9-14-6-7-15-10)8-13(12(17)18)4-2-1-3-5-13/h6-7,9H,1-5,8H2,(H,17,18). The summed E-state index contributed by atoms with van der Waals surface area (Å²) < 4.78 is 0. The first-order chi connectivity index (χ1) is 8.64. The molecule has 1 heterocycles. The molecule has 0 radical (unpaired) electrons. The average molecular weight is 248 g/mol. The Labute approximate surface area is 105 Å². The Morgan fingerprint density at radius 1 is 1.22 bits per heavy atom. The highest BCUT2D eigenvalue weighted by Gasteiger charge is 2.41. The summed E-state index contributed by atoms with van der Waals surface area (Å²) >= 11 is 0. The molecule has 0 spiro atoms. The number of hydrogen-bond acceptors (Lipinski definition) is 4. The molecule has 1 saturated carbocycles. The van der Waals surface area contributed by atoms with Crippen molar-refractivity contribution in [3.8, 4) is 0 Å². The number of hydrogen-bond donors (Lipinski definition) is 1. The minimum absolute atomic E-state index is 0.0288. The maximum Gasteiger partial charge on any atom is 0.310 e. The van der Waals surface area contributed by atoms with Crippen LogP contribution in [-0.4, -0.2) is 26.8 Å². The molecule has 1 N–H and O–H groups in total. The number of aromatic nitrogens is 2. The number of nitrogens with zero attached hydrogens (tertiary/aromatic N) is 2. The van der Waals surface area contributed by atoms with Gasteiger partial charge in [0.05, 0.1) is 11.6 Å². The predicted molar refractivity (Wildman–Crippen MR) is 64.1 cm³/mol. The zero-order chi connectivity index (χ0) is 13.0. The molecular weight excluding hydrogens is 232 g/mol. The number of ketones is 1. The van der Waals surface area contributed by atoms with Crippen molar-refractivity contribution in [2.45, 2.75) is 38.5 Å². The van der Waals surface area contributed by atoms with E-state index in [4.69, 9.17) is 0 Å². The lowest BCUT2D eigenvalue weighted by atomic mass is 9.71. The summed E-state index contributed by atoms with van der Waals surface area (Å²) in [5, 5.41) is 9.40. The summed E-state index contributed by atoms with van der Waals surface area (Å²) in [4.78, 5) is 31.3. The van der Waals surface area contributed by atoms with Crippen molar-refractivity contribution in [2.24, 2.45) is 5.41 Å². The topological polar surface area (TPSA) is 80.2 Å². The second kappa shape index (κ2) is 5.25. The van der Waals surface area contributed by atoms with Crippen molar-refractivity contribution in [3.05, 3.63) is 24.3 Å². The number of carbonyl (C=O) groups excluding carboxylic acids is 1. The lowest BCUT2D eigenvalue weighted by Gasteiger charge is -2.32. The molecule has 5 heteroatoms. The third kappa shape index (κ3) is 2.55. The molecule has 0 amide bonds. The number of carbonyl (C=O) groups is 2. The van der Waals surface area contributed by atoms with E-state index in [1.807, 2.05) is 0 Å². The van der Waals surface area contributed by atoms with Crippen LogP contribution in [0.25, 0.3) is 0 Å². The van der Waals surface area contributed by atoms with Gasteiger partial charge >= 0.3 is 5.97 Å². The van der Waals surface area contributed by atoms with E-state index in [2.05, 4.69) is 9.97 Å². The summed E-state index contributed by atoms with van der Waals surface area (Å²) in [6, 6.07) is 0. The third-order valence-corrected chi connectivity index (χ3v) is 3.61. The fourth-order valence-electron chi connectivity index (χ4n) is 2.54. The summed E-state index contributed by atoms with van der Waals surface area (Å²) in [6.07, 6.45) is 8.31. The SMILES string of the molecule is O=C(CC1(C(=O)O)CCCCC1)c1cnccn1. The first-order valence-electron chi connectivity index (χ1n) is 6.17. The lowest BCUT2D eigenvalue weighted by Crippen LogP contribution is -2.35. The molecule has 5 nitrogen and oxygen atoms in total. The first-order valence-corrected chi connectivity index (χ1v) is 6.17. The predicted octanol–water partition coefficient (Wildman–Crippen LogP) is 2.08. The highest BCUT2D eigenvalue weighted by atomic mass is 16.4. The Hall–Kier alpha value is -1.78. The minimum Gasteiger partial charge on any atom is -0.481 e.